The van der Waals surface area contributed by atoms with E-state index in [9.17, 15) is 23.7 Å². The molecule has 0 atom stereocenters. The number of nitrogens with one attached hydrogen (secondary N) is 1. The summed E-state index contributed by atoms with van der Waals surface area (Å²) in [6, 6.07) is 8.10. The Morgan fingerprint density at radius 2 is 1.80 bits per heavy atom. The van der Waals surface area contributed by atoms with Crippen LogP contribution in [0.4, 0.5) is 14.5 Å². The van der Waals surface area contributed by atoms with Crippen molar-refractivity contribution in [3.8, 4) is 0 Å². The van der Waals surface area contributed by atoms with Crippen molar-refractivity contribution in [3.05, 3.63) is 75.1 Å². The van der Waals surface area contributed by atoms with Crippen LogP contribution >= 0.6 is 0 Å². The van der Waals surface area contributed by atoms with E-state index in [2.05, 4.69) is 5.32 Å². The van der Waals surface area contributed by atoms with Gasteiger partial charge in [-0.1, -0.05) is 18.2 Å². The minimum absolute atomic E-state index is 0.134. The molecule has 0 aliphatic heterocycles. The van der Waals surface area contributed by atoms with Crippen LogP contribution in [-0.4, -0.2) is 10.6 Å². The van der Waals surface area contributed by atoms with Crippen LogP contribution < -0.4 is 9.74 Å². The number of hydrogen-bond donors (Lipinski definition) is 1. The molecule has 0 aliphatic rings. The average Bonchev–Trinajstić information content (AvgIpc) is 2.57. The summed E-state index contributed by atoms with van der Waals surface area (Å²) in [6.45, 7) is 3.02. The van der Waals surface area contributed by atoms with Crippen molar-refractivity contribution in [3.63, 3.8) is 0 Å². The number of carbonyl (C=O) groups is 1. The zero-order chi connectivity index (χ0) is 18.3. The maximum Gasteiger partial charge on any atom is 0.346 e. The van der Waals surface area contributed by atoms with Gasteiger partial charge in [-0.3, -0.25) is 4.79 Å². The lowest BCUT2D eigenvalue weighted by Gasteiger charge is -2.16. The first-order chi connectivity index (χ1) is 11.8. The highest BCUT2D eigenvalue weighted by Crippen LogP contribution is 2.19. The van der Waals surface area contributed by atoms with Crippen molar-refractivity contribution >= 4 is 22.6 Å². The van der Waals surface area contributed by atoms with Crippen LogP contribution in [0.15, 0.2) is 36.4 Å². The maximum absolute atomic E-state index is 13.5. The number of aromatic nitrogens is 2. The zero-order valence-electron chi connectivity index (χ0n) is 13.3. The number of carbonyl (C=O) groups excluding carboxylic acids is 1. The molecule has 0 aliphatic carbocycles. The second kappa shape index (κ2) is 5.97. The molecule has 1 heterocycles. The lowest BCUT2D eigenvalue weighted by Crippen LogP contribution is -2.33. The highest BCUT2D eigenvalue weighted by molar-refractivity contribution is 6.03. The number of benzene rings is 2. The van der Waals surface area contributed by atoms with Crippen LogP contribution in [0, 0.1) is 35.6 Å². The van der Waals surface area contributed by atoms with Crippen LogP contribution in [0.2, 0.25) is 0 Å². The molecule has 0 radical (unpaired) electrons. The number of nitrogens with zero attached hydrogens (tertiary/aromatic N) is 2. The van der Waals surface area contributed by atoms with Gasteiger partial charge in [0.05, 0.1) is 16.2 Å². The molecule has 1 aromatic heterocycles. The number of fused-ring (bicyclic) bond motifs is 1. The molecule has 0 spiro atoms. The van der Waals surface area contributed by atoms with E-state index in [0.29, 0.717) is 17.8 Å². The van der Waals surface area contributed by atoms with E-state index in [1.165, 1.54) is 6.92 Å². The third-order valence-corrected chi connectivity index (χ3v) is 3.91. The fourth-order valence-electron chi connectivity index (χ4n) is 2.55. The molecule has 128 valence electrons. The number of anilines is 1. The monoisotopic (exact) mass is 345 g/mol. The third-order valence-electron chi connectivity index (χ3n) is 3.91. The summed E-state index contributed by atoms with van der Waals surface area (Å²) in [5, 5.41) is 14.8. The number of rotatable bonds is 2. The minimum atomic E-state index is -1.29. The molecule has 0 saturated heterocycles. The molecule has 25 heavy (non-hydrogen) atoms. The Morgan fingerprint density at radius 1 is 1.16 bits per heavy atom. The second-order valence-corrected chi connectivity index (χ2v) is 5.55. The largest absolute Gasteiger partial charge is 0.805 e. The highest BCUT2D eigenvalue weighted by Gasteiger charge is 2.28. The summed E-state index contributed by atoms with van der Waals surface area (Å²) in [5.41, 5.74) is -0.283. The van der Waals surface area contributed by atoms with Crippen molar-refractivity contribution in [2.75, 3.05) is 5.32 Å². The minimum Gasteiger partial charge on any atom is -0.805 e. The molecule has 3 rings (SSSR count). The van der Waals surface area contributed by atoms with Crippen molar-refractivity contribution in [1.29, 1.82) is 0 Å². The first-order valence-corrected chi connectivity index (χ1v) is 7.32. The predicted octanol–water partition coefficient (Wildman–Crippen LogP) is 3.05. The van der Waals surface area contributed by atoms with Crippen LogP contribution in [0.3, 0.4) is 0 Å². The van der Waals surface area contributed by atoms with E-state index in [-0.39, 0.29) is 20.4 Å². The molecule has 1 amide bonds. The van der Waals surface area contributed by atoms with Gasteiger partial charge in [-0.15, -0.1) is 0 Å². The van der Waals surface area contributed by atoms with Crippen molar-refractivity contribution in [2.45, 2.75) is 13.8 Å². The Morgan fingerprint density at radius 3 is 2.48 bits per heavy atom. The quantitative estimate of drug-likeness (QED) is 0.725. The van der Waals surface area contributed by atoms with Gasteiger partial charge in [0.1, 0.15) is 5.52 Å². The molecule has 8 heteroatoms. The fourth-order valence-corrected chi connectivity index (χ4v) is 2.55. The molecule has 6 nitrogen and oxygen atoms in total. The Bertz CT molecular complexity index is 1080. The van der Waals surface area contributed by atoms with Gasteiger partial charge in [0.25, 0.3) is 5.52 Å². The number of hydrogen-bond acceptors (Lipinski definition) is 3. The predicted molar refractivity (Wildman–Crippen MR) is 87.9 cm³/mol. The normalized spacial score (nSPS) is 10.9. The molecular formula is C17H13F2N3O3. The van der Waals surface area contributed by atoms with Gasteiger partial charge in [0.15, 0.2) is 11.6 Å². The fraction of sp³-hybridized carbons (Fsp3) is 0.118. The molecule has 0 saturated carbocycles. The molecule has 1 N–H and O–H groups in total. The van der Waals surface area contributed by atoms with Gasteiger partial charge >= 0.3 is 11.6 Å². The highest BCUT2D eigenvalue weighted by atomic mass is 19.2. The summed E-state index contributed by atoms with van der Waals surface area (Å²) in [7, 11) is 0. The van der Waals surface area contributed by atoms with E-state index in [0.717, 1.165) is 5.56 Å². The summed E-state index contributed by atoms with van der Waals surface area (Å²) in [4.78, 5) is 25.0. The van der Waals surface area contributed by atoms with Gasteiger partial charge in [0, 0.05) is 16.7 Å². The van der Waals surface area contributed by atoms with Crippen LogP contribution in [0.5, 0.6) is 0 Å². The molecule has 3 aromatic rings. The van der Waals surface area contributed by atoms with E-state index in [1.807, 2.05) is 0 Å². The first kappa shape index (κ1) is 16.6. The smallest absolute Gasteiger partial charge is 0.346 e. The average molecular weight is 345 g/mol. The molecule has 0 fully saturated rings. The lowest BCUT2D eigenvalue weighted by molar-refractivity contribution is -0.468. The number of halogens is 2. The summed E-state index contributed by atoms with van der Waals surface area (Å²) in [5.74, 6) is -3.36. The number of amides is 1. The Labute approximate surface area is 140 Å². The number of para-hydroxylation sites is 1. The Kier molecular flexibility index (Phi) is 3.96. The molecule has 2 aromatic carbocycles. The SMILES string of the molecule is Cc1ccccc1NC(=O)c1c(C)n([O-])c2cc(F)c(F)cc2[n+]1=O. The van der Waals surface area contributed by atoms with Gasteiger partial charge in [-0.25, -0.2) is 8.78 Å². The van der Waals surface area contributed by atoms with Crippen molar-refractivity contribution in [2.24, 2.45) is 0 Å². The van der Waals surface area contributed by atoms with Crippen LogP contribution in [0.25, 0.3) is 11.0 Å². The third kappa shape index (κ3) is 2.71. The van der Waals surface area contributed by atoms with Gasteiger partial charge in [-0.05, 0) is 25.5 Å². The topological polar surface area (TPSA) is 80.1 Å². The van der Waals surface area contributed by atoms with Crippen LogP contribution in [0.1, 0.15) is 21.7 Å². The van der Waals surface area contributed by atoms with E-state index in [4.69, 9.17) is 0 Å². The standard InChI is InChI=1S/C17H13F2N3O3/c1-9-5-3-4-6-13(9)20-17(23)16-10(2)21(24)14-7-11(18)12(19)8-15(14)22(16)25/h3-8H,1-2H3,(H,20,23). The van der Waals surface area contributed by atoms with Crippen molar-refractivity contribution in [1.82, 2.24) is 4.73 Å². The summed E-state index contributed by atoms with van der Waals surface area (Å²) in [6.07, 6.45) is 0. The molecule has 0 bridgehead atoms. The van der Waals surface area contributed by atoms with Crippen molar-refractivity contribution < 1.29 is 18.0 Å². The maximum atomic E-state index is 13.5. The van der Waals surface area contributed by atoms with Gasteiger partial charge < -0.3 is 15.3 Å². The van der Waals surface area contributed by atoms with Crippen LogP contribution in [-0.2, 0) is 0 Å². The zero-order valence-corrected chi connectivity index (χ0v) is 13.3. The second-order valence-electron chi connectivity index (χ2n) is 5.55. The Hall–Kier alpha value is -3.29. The summed E-state index contributed by atoms with van der Waals surface area (Å²) < 4.78 is 27.2. The first-order valence-electron chi connectivity index (χ1n) is 7.32. The van der Waals surface area contributed by atoms with Gasteiger partial charge in [-0.2, -0.15) is 0 Å². The number of aryl methyl sites for hydroxylation is 1. The molecule has 0 unspecified atom stereocenters. The van der Waals surface area contributed by atoms with E-state index >= 15 is 0 Å². The summed E-state index contributed by atoms with van der Waals surface area (Å²) >= 11 is 0. The van der Waals surface area contributed by atoms with E-state index in [1.54, 1.807) is 31.2 Å². The Balaban J connectivity index is 2.19. The van der Waals surface area contributed by atoms with E-state index < -0.39 is 28.8 Å². The lowest BCUT2D eigenvalue weighted by atomic mass is 10.2. The van der Waals surface area contributed by atoms with Gasteiger partial charge in [0.2, 0.25) is 0 Å². The molecular weight excluding hydrogens is 332 g/mol.